The summed E-state index contributed by atoms with van der Waals surface area (Å²) >= 11 is 1.90. The van der Waals surface area contributed by atoms with Crippen molar-refractivity contribution in [3.05, 3.63) is 0 Å². The summed E-state index contributed by atoms with van der Waals surface area (Å²) in [6.07, 6.45) is 4.62. The van der Waals surface area contributed by atoms with Gasteiger partial charge in [-0.05, 0) is 30.3 Å². The number of hydrogen-bond acceptors (Lipinski definition) is 2. The number of hydrogen-bond donors (Lipinski definition) is 1. The van der Waals surface area contributed by atoms with Gasteiger partial charge in [-0.1, -0.05) is 13.8 Å². The van der Waals surface area contributed by atoms with Crippen molar-refractivity contribution in [3.8, 4) is 0 Å². The summed E-state index contributed by atoms with van der Waals surface area (Å²) in [4.78, 5) is 6.73. The summed E-state index contributed by atoms with van der Waals surface area (Å²) in [6.45, 7) is 7.94. The van der Waals surface area contributed by atoms with Crippen molar-refractivity contribution in [2.75, 3.05) is 38.7 Å². The Bertz CT molecular complexity index is 244. The molecule has 0 amide bonds. The fourth-order valence-electron chi connectivity index (χ4n) is 2.04. The molecule has 0 aromatic rings. The molecule has 0 unspecified atom stereocenters. The van der Waals surface area contributed by atoms with Crippen molar-refractivity contribution in [2.45, 2.75) is 26.7 Å². The number of halogens is 1. The zero-order chi connectivity index (χ0) is 12.0. The molecule has 0 atom stereocenters. The quantitative estimate of drug-likeness (QED) is 0.356. The average molecular weight is 371 g/mol. The van der Waals surface area contributed by atoms with Crippen LogP contribution in [0.2, 0.25) is 0 Å². The third-order valence-corrected chi connectivity index (χ3v) is 3.69. The first kappa shape index (κ1) is 17.4. The lowest BCUT2D eigenvalue weighted by Crippen LogP contribution is -2.41. The van der Waals surface area contributed by atoms with Crippen LogP contribution in [0.25, 0.3) is 0 Å². The fraction of sp³-hybridized carbons (Fsp3) is 0.917. The first-order valence-corrected chi connectivity index (χ1v) is 7.43. The number of aliphatic imine (C=N–C) groups is 1. The van der Waals surface area contributed by atoms with Gasteiger partial charge >= 0.3 is 0 Å². The molecular weight excluding hydrogens is 345 g/mol. The first-order chi connectivity index (χ1) is 7.59. The highest BCUT2D eigenvalue weighted by atomic mass is 127. The molecule has 0 aromatic carbocycles. The van der Waals surface area contributed by atoms with E-state index in [1.165, 1.54) is 18.6 Å². The average Bonchev–Trinajstić information content (AvgIpc) is 2.59. The Balaban J connectivity index is 0.00000256. The minimum Gasteiger partial charge on any atom is -0.356 e. The topological polar surface area (TPSA) is 27.6 Å². The lowest BCUT2D eigenvalue weighted by atomic mass is 9.93. The van der Waals surface area contributed by atoms with Crippen LogP contribution in [-0.2, 0) is 0 Å². The van der Waals surface area contributed by atoms with Crippen LogP contribution >= 0.6 is 35.7 Å². The van der Waals surface area contributed by atoms with Gasteiger partial charge in [0.25, 0.3) is 0 Å². The maximum absolute atomic E-state index is 4.36. The van der Waals surface area contributed by atoms with E-state index in [9.17, 15) is 0 Å². The zero-order valence-electron chi connectivity index (χ0n) is 11.5. The standard InChI is InChI=1S/C12H25N3S.HI/c1-12(2)6-8-15(10-12)11(13-3)14-7-5-9-16-4;/h5-10H2,1-4H3,(H,13,14);1H. The van der Waals surface area contributed by atoms with E-state index >= 15 is 0 Å². The molecular formula is C12H26IN3S. The molecule has 0 radical (unpaired) electrons. The van der Waals surface area contributed by atoms with E-state index in [-0.39, 0.29) is 24.0 Å². The summed E-state index contributed by atoms with van der Waals surface area (Å²) in [5.41, 5.74) is 0.441. The van der Waals surface area contributed by atoms with Crippen molar-refractivity contribution in [1.82, 2.24) is 10.2 Å². The van der Waals surface area contributed by atoms with Crippen molar-refractivity contribution < 1.29 is 0 Å². The number of nitrogens with zero attached hydrogens (tertiary/aromatic N) is 2. The molecule has 1 aliphatic heterocycles. The Hall–Kier alpha value is 0.350. The van der Waals surface area contributed by atoms with Gasteiger partial charge in [-0.3, -0.25) is 4.99 Å². The molecule has 5 heteroatoms. The van der Waals surface area contributed by atoms with Crippen LogP contribution in [-0.4, -0.2) is 49.6 Å². The van der Waals surface area contributed by atoms with Gasteiger partial charge in [-0.25, -0.2) is 0 Å². The summed E-state index contributed by atoms with van der Waals surface area (Å²) in [5, 5.41) is 3.45. The molecule has 0 bridgehead atoms. The Morgan fingerprint density at radius 2 is 2.18 bits per heavy atom. The fourth-order valence-corrected chi connectivity index (χ4v) is 2.48. The van der Waals surface area contributed by atoms with E-state index in [4.69, 9.17) is 0 Å². The van der Waals surface area contributed by atoms with Crippen LogP contribution in [0, 0.1) is 5.41 Å². The molecule has 1 N–H and O–H groups in total. The third kappa shape index (κ3) is 6.18. The van der Waals surface area contributed by atoms with Gasteiger partial charge in [0.15, 0.2) is 5.96 Å². The second-order valence-corrected chi connectivity index (χ2v) is 6.14. The van der Waals surface area contributed by atoms with Gasteiger partial charge < -0.3 is 10.2 Å². The van der Waals surface area contributed by atoms with Crippen molar-refractivity contribution in [2.24, 2.45) is 10.4 Å². The summed E-state index contributed by atoms with van der Waals surface area (Å²) in [5.74, 6) is 2.29. The second kappa shape index (κ2) is 8.45. The molecule has 0 saturated carbocycles. The van der Waals surface area contributed by atoms with Crippen molar-refractivity contribution >= 4 is 41.7 Å². The Labute approximate surface area is 127 Å². The van der Waals surface area contributed by atoms with Gasteiger partial charge in [0.05, 0.1) is 0 Å². The van der Waals surface area contributed by atoms with E-state index in [1.54, 1.807) is 0 Å². The van der Waals surface area contributed by atoms with Crippen molar-refractivity contribution in [3.63, 3.8) is 0 Å². The predicted octanol–water partition coefficient (Wildman–Crippen LogP) is 2.66. The molecule has 1 fully saturated rings. The highest BCUT2D eigenvalue weighted by molar-refractivity contribution is 14.0. The Morgan fingerprint density at radius 3 is 2.65 bits per heavy atom. The second-order valence-electron chi connectivity index (χ2n) is 5.16. The number of guanidine groups is 1. The normalized spacial score (nSPS) is 19.1. The van der Waals surface area contributed by atoms with E-state index in [0.29, 0.717) is 5.41 Å². The SMILES string of the molecule is CN=C(NCCCSC)N1CCC(C)(C)C1.I. The highest BCUT2D eigenvalue weighted by Crippen LogP contribution is 2.28. The molecule has 3 nitrogen and oxygen atoms in total. The number of thioether (sulfide) groups is 1. The number of nitrogens with one attached hydrogen (secondary N) is 1. The predicted molar refractivity (Wildman–Crippen MR) is 89.7 cm³/mol. The summed E-state index contributed by atoms with van der Waals surface area (Å²) in [7, 11) is 1.88. The molecule has 1 heterocycles. The largest absolute Gasteiger partial charge is 0.356 e. The molecule has 0 aliphatic carbocycles. The van der Waals surface area contributed by atoms with Crippen LogP contribution in [0.5, 0.6) is 0 Å². The van der Waals surface area contributed by atoms with Gasteiger partial charge in [0.1, 0.15) is 0 Å². The third-order valence-electron chi connectivity index (χ3n) is 3.00. The van der Waals surface area contributed by atoms with E-state index in [2.05, 4.69) is 35.3 Å². The molecule has 0 spiro atoms. The van der Waals surface area contributed by atoms with Gasteiger partial charge in [0.2, 0.25) is 0 Å². The molecule has 1 rings (SSSR count). The number of likely N-dealkylation sites (tertiary alicyclic amines) is 1. The van der Waals surface area contributed by atoms with Crippen LogP contribution in [0.4, 0.5) is 0 Å². The lowest BCUT2D eigenvalue weighted by molar-refractivity contribution is 0.370. The first-order valence-electron chi connectivity index (χ1n) is 6.03. The maximum Gasteiger partial charge on any atom is 0.193 e. The maximum atomic E-state index is 4.36. The molecule has 1 saturated heterocycles. The van der Waals surface area contributed by atoms with Gasteiger partial charge in [0, 0.05) is 26.7 Å². The summed E-state index contributed by atoms with van der Waals surface area (Å²) < 4.78 is 0. The van der Waals surface area contributed by atoms with E-state index in [0.717, 1.165) is 25.6 Å². The van der Waals surface area contributed by atoms with Crippen LogP contribution in [0.3, 0.4) is 0 Å². The zero-order valence-corrected chi connectivity index (χ0v) is 14.6. The van der Waals surface area contributed by atoms with Gasteiger partial charge in [-0.2, -0.15) is 11.8 Å². The van der Waals surface area contributed by atoms with E-state index in [1.807, 2.05) is 18.8 Å². The summed E-state index contributed by atoms with van der Waals surface area (Å²) in [6, 6.07) is 0. The van der Waals surface area contributed by atoms with E-state index < -0.39 is 0 Å². The highest BCUT2D eigenvalue weighted by Gasteiger charge is 2.30. The molecule has 1 aliphatic rings. The number of rotatable bonds is 4. The van der Waals surface area contributed by atoms with Gasteiger partial charge in [-0.15, -0.1) is 24.0 Å². The monoisotopic (exact) mass is 371 g/mol. The minimum absolute atomic E-state index is 0. The Kier molecular flexibility index (Phi) is 8.63. The van der Waals surface area contributed by atoms with Crippen molar-refractivity contribution in [1.29, 1.82) is 0 Å². The molecule has 0 aromatic heterocycles. The van der Waals surface area contributed by atoms with Crippen LogP contribution in [0.1, 0.15) is 26.7 Å². The van der Waals surface area contributed by atoms with Crippen LogP contribution in [0.15, 0.2) is 4.99 Å². The molecule has 17 heavy (non-hydrogen) atoms. The van der Waals surface area contributed by atoms with Crippen LogP contribution < -0.4 is 5.32 Å². The molecule has 102 valence electrons. The minimum atomic E-state index is 0. The Morgan fingerprint density at radius 1 is 1.47 bits per heavy atom. The lowest BCUT2D eigenvalue weighted by Gasteiger charge is -2.23. The smallest absolute Gasteiger partial charge is 0.193 e.